The Kier molecular flexibility index (Phi) is 4.92. The first-order valence-electron chi connectivity index (χ1n) is 6.07. The second-order valence-corrected chi connectivity index (χ2v) is 7.23. The number of rotatable bonds is 4. The van der Waals surface area contributed by atoms with Crippen molar-refractivity contribution in [3.8, 4) is 0 Å². The number of sulfone groups is 1. The zero-order valence-corrected chi connectivity index (χ0v) is 13.2. The van der Waals surface area contributed by atoms with Crippen molar-refractivity contribution in [2.75, 3.05) is 0 Å². The van der Waals surface area contributed by atoms with Gasteiger partial charge in [0, 0.05) is 0 Å². The second-order valence-electron chi connectivity index (χ2n) is 4.44. The molecule has 0 fully saturated rings. The molecule has 0 radical (unpaired) electrons. The van der Waals surface area contributed by atoms with E-state index in [-0.39, 0.29) is 0 Å². The van der Waals surface area contributed by atoms with E-state index < -0.39 is 58.9 Å². The molecule has 1 atom stereocenters. The molecule has 2 rings (SSSR count). The number of benzene rings is 2. The molecule has 0 aliphatic heterocycles. The van der Waals surface area contributed by atoms with Gasteiger partial charge in [-0.1, -0.05) is 24.8 Å². The molecule has 0 heterocycles. The number of hydrogen-bond acceptors (Lipinski definition) is 3. The highest BCUT2D eigenvalue weighted by molar-refractivity contribution is 7.91. The highest BCUT2D eigenvalue weighted by Gasteiger charge is 2.35. The summed E-state index contributed by atoms with van der Waals surface area (Å²) >= 11 is -3.39. The fourth-order valence-corrected chi connectivity index (χ4v) is 3.75. The lowest BCUT2D eigenvalue weighted by molar-refractivity contribution is 0.389. The third-order valence-corrected chi connectivity index (χ3v) is 5.55. The summed E-state index contributed by atoms with van der Waals surface area (Å²) in [6.07, 6.45) is 1.38. The molecule has 128 valence electrons. The van der Waals surface area contributed by atoms with Crippen LogP contribution in [0.4, 0.5) is 17.6 Å². The fourth-order valence-electron chi connectivity index (χ4n) is 1.88. The Morgan fingerprint density at radius 1 is 0.958 bits per heavy atom. The van der Waals surface area contributed by atoms with Gasteiger partial charge in [0.2, 0.25) is 9.84 Å². The van der Waals surface area contributed by atoms with Crippen LogP contribution in [0.3, 0.4) is 0 Å². The Morgan fingerprint density at radius 2 is 1.42 bits per heavy atom. The standard InChI is InChI=1S/C14H8F4O4S2/c1-2-7-3-5-8(6-4-7)24(21,22)14-11(17)9(15)13(23(19)20)10(16)12(14)18/h2-6H,1H2,(H,19,20). The molecule has 1 unspecified atom stereocenters. The van der Waals surface area contributed by atoms with Crippen LogP contribution in [0.15, 0.2) is 45.5 Å². The lowest BCUT2D eigenvalue weighted by Gasteiger charge is -2.11. The Bertz CT molecular complexity index is 925. The summed E-state index contributed by atoms with van der Waals surface area (Å²) in [7, 11) is -4.96. The fraction of sp³-hybridized carbons (Fsp3) is 0. The van der Waals surface area contributed by atoms with E-state index >= 15 is 0 Å². The zero-order chi connectivity index (χ0) is 18.2. The molecule has 4 nitrogen and oxygen atoms in total. The van der Waals surface area contributed by atoms with Crippen LogP contribution in [0.1, 0.15) is 5.56 Å². The summed E-state index contributed by atoms with van der Waals surface area (Å²) in [4.78, 5) is -4.30. The van der Waals surface area contributed by atoms with Gasteiger partial charge in [-0.2, -0.15) is 0 Å². The van der Waals surface area contributed by atoms with Gasteiger partial charge in [0.05, 0.1) is 4.90 Å². The molecule has 0 amide bonds. The quantitative estimate of drug-likeness (QED) is 0.502. The van der Waals surface area contributed by atoms with Crippen LogP contribution in [-0.4, -0.2) is 17.2 Å². The number of hydrogen-bond donors (Lipinski definition) is 1. The van der Waals surface area contributed by atoms with Crippen molar-refractivity contribution >= 4 is 27.0 Å². The van der Waals surface area contributed by atoms with E-state index in [0.29, 0.717) is 5.56 Å². The van der Waals surface area contributed by atoms with E-state index in [9.17, 15) is 30.2 Å². The van der Waals surface area contributed by atoms with Gasteiger partial charge in [-0.3, -0.25) is 0 Å². The maximum atomic E-state index is 14.0. The lowest BCUT2D eigenvalue weighted by atomic mass is 10.2. The van der Waals surface area contributed by atoms with Gasteiger partial charge in [-0.05, 0) is 17.7 Å². The summed E-state index contributed by atoms with van der Waals surface area (Å²) in [5, 5.41) is 0. The van der Waals surface area contributed by atoms with Gasteiger partial charge < -0.3 is 4.55 Å². The van der Waals surface area contributed by atoms with Crippen molar-refractivity contribution < 1.29 is 34.7 Å². The second kappa shape index (κ2) is 6.46. The maximum absolute atomic E-state index is 14.0. The molecule has 0 aliphatic carbocycles. The molecule has 0 saturated heterocycles. The summed E-state index contributed by atoms with van der Waals surface area (Å²) in [6, 6.07) is 4.47. The first kappa shape index (κ1) is 18.3. The summed E-state index contributed by atoms with van der Waals surface area (Å²) in [5.74, 6) is -9.06. The van der Waals surface area contributed by atoms with Crippen molar-refractivity contribution in [3.63, 3.8) is 0 Å². The molecule has 2 aromatic carbocycles. The SMILES string of the molecule is C=Cc1ccc(S(=O)(=O)c2c(F)c(F)c(S(=O)O)c(F)c2F)cc1. The van der Waals surface area contributed by atoms with Crippen molar-refractivity contribution in [1.29, 1.82) is 0 Å². The van der Waals surface area contributed by atoms with E-state index in [1.807, 2.05) is 0 Å². The highest BCUT2D eigenvalue weighted by atomic mass is 32.2. The average molecular weight is 380 g/mol. The minimum Gasteiger partial charge on any atom is -0.302 e. The van der Waals surface area contributed by atoms with Gasteiger partial charge in [0.15, 0.2) is 34.3 Å². The maximum Gasteiger partial charge on any atom is 0.212 e. The molecule has 0 spiro atoms. The highest BCUT2D eigenvalue weighted by Crippen LogP contribution is 2.32. The molecule has 0 aromatic heterocycles. The normalized spacial score (nSPS) is 12.9. The largest absolute Gasteiger partial charge is 0.302 e. The van der Waals surface area contributed by atoms with Gasteiger partial charge in [0.1, 0.15) is 9.79 Å². The first-order chi connectivity index (χ1) is 11.1. The Balaban J connectivity index is 2.80. The van der Waals surface area contributed by atoms with E-state index in [4.69, 9.17) is 4.55 Å². The van der Waals surface area contributed by atoms with Crippen LogP contribution >= 0.6 is 0 Å². The van der Waals surface area contributed by atoms with Crippen molar-refractivity contribution in [3.05, 3.63) is 59.7 Å². The molecule has 2 aromatic rings. The van der Waals surface area contributed by atoms with E-state index in [2.05, 4.69) is 6.58 Å². The Labute approximate surface area is 136 Å². The van der Waals surface area contributed by atoms with Crippen LogP contribution in [0, 0.1) is 23.3 Å². The zero-order valence-electron chi connectivity index (χ0n) is 11.6. The van der Waals surface area contributed by atoms with Crippen LogP contribution in [0.25, 0.3) is 6.08 Å². The van der Waals surface area contributed by atoms with E-state index in [1.54, 1.807) is 0 Å². The van der Waals surface area contributed by atoms with Gasteiger partial charge in [0.25, 0.3) is 0 Å². The van der Waals surface area contributed by atoms with E-state index in [0.717, 1.165) is 12.1 Å². The molecule has 24 heavy (non-hydrogen) atoms. The van der Waals surface area contributed by atoms with Crippen LogP contribution in [-0.2, 0) is 20.9 Å². The molecule has 0 aliphatic rings. The summed E-state index contributed by atoms with van der Waals surface area (Å²) < 4.78 is 99.4. The minimum absolute atomic E-state index is 0.498. The molecule has 1 N–H and O–H groups in total. The van der Waals surface area contributed by atoms with Gasteiger partial charge >= 0.3 is 0 Å². The Morgan fingerprint density at radius 3 is 1.79 bits per heavy atom. The molecular weight excluding hydrogens is 372 g/mol. The van der Waals surface area contributed by atoms with Crippen molar-refractivity contribution in [2.45, 2.75) is 14.7 Å². The molecular formula is C14H8F4O4S2. The predicted octanol–water partition coefficient (Wildman–Crippen LogP) is 3.30. The van der Waals surface area contributed by atoms with Crippen LogP contribution in [0.2, 0.25) is 0 Å². The molecule has 10 heteroatoms. The van der Waals surface area contributed by atoms with Crippen LogP contribution in [0.5, 0.6) is 0 Å². The average Bonchev–Trinajstić information content (AvgIpc) is 2.53. The van der Waals surface area contributed by atoms with Gasteiger partial charge in [-0.25, -0.2) is 30.2 Å². The smallest absolute Gasteiger partial charge is 0.212 e. The molecule has 0 saturated carbocycles. The Hall–Kier alpha value is -2.04. The van der Waals surface area contributed by atoms with Gasteiger partial charge in [-0.15, -0.1) is 0 Å². The number of halogens is 4. The summed E-state index contributed by atoms with van der Waals surface area (Å²) in [6.45, 7) is 3.44. The minimum atomic E-state index is -4.96. The third kappa shape index (κ3) is 2.87. The summed E-state index contributed by atoms with van der Waals surface area (Å²) in [5.41, 5.74) is 0.498. The lowest BCUT2D eigenvalue weighted by Crippen LogP contribution is -2.14. The predicted molar refractivity (Wildman–Crippen MR) is 77.3 cm³/mol. The van der Waals surface area contributed by atoms with Crippen molar-refractivity contribution in [2.24, 2.45) is 0 Å². The van der Waals surface area contributed by atoms with Crippen LogP contribution < -0.4 is 0 Å². The first-order valence-corrected chi connectivity index (χ1v) is 8.66. The monoisotopic (exact) mass is 380 g/mol. The molecule has 0 bridgehead atoms. The topological polar surface area (TPSA) is 71.4 Å². The van der Waals surface area contributed by atoms with Crippen molar-refractivity contribution in [1.82, 2.24) is 0 Å². The van der Waals surface area contributed by atoms with E-state index in [1.165, 1.54) is 18.2 Å². The third-order valence-electron chi connectivity index (χ3n) is 3.05.